The van der Waals surface area contributed by atoms with Gasteiger partial charge in [0.2, 0.25) is 5.95 Å². The zero-order valence-corrected chi connectivity index (χ0v) is 10.5. The minimum Gasteiger partial charge on any atom is -0.369 e. The molecule has 1 aromatic carbocycles. The van der Waals surface area contributed by atoms with Crippen LogP contribution in [0.3, 0.4) is 0 Å². The molecule has 0 bridgehead atoms. The fraction of sp³-hybridized carbons (Fsp3) is 0.0769. The van der Waals surface area contributed by atoms with Crippen LogP contribution in [0, 0.1) is 6.92 Å². The molecule has 90 valence electrons. The second-order valence-corrected chi connectivity index (χ2v) is 4.46. The molecule has 4 nitrogen and oxygen atoms in total. The average Bonchev–Trinajstić information content (AvgIpc) is 2.66. The first kappa shape index (κ1) is 11.0. The molecule has 0 unspecified atom stereocenters. The Morgan fingerprint density at radius 1 is 1.22 bits per heavy atom. The molecule has 5 heteroatoms. The largest absolute Gasteiger partial charge is 0.369 e. The van der Waals surface area contributed by atoms with Gasteiger partial charge in [-0.1, -0.05) is 23.7 Å². The summed E-state index contributed by atoms with van der Waals surface area (Å²) in [6, 6.07) is 9.43. The Balaban J connectivity index is 2.42. The van der Waals surface area contributed by atoms with E-state index in [0.29, 0.717) is 16.6 Å². The number of benzene rings is 1. The van der Waals surface area contributed by atoms with Crippen LogP contribution in [0.1, 0.15) is 5.56 Å². The number of imidazole rings is 1. The van der Waals surface area contributed by atoms with Gasteiger partial charge in [-0.3, -0.25) is 4.57 Å². The minimum atomic E-state index is 0.389. The summed E-state index contributed by atoms with van der Waals surface area (Å²) >= 11 is 6.26. The number of rotatable bonds is 1. The summed E-state index contributed by atoms with van der Waals surface area (Å²) < 4.78 is 1.78. The number of hydrogen-bond donors (Lipinski definition) is 1. The molecule has 2 heterocycles. The molecule has 0 aliphatic heterocycles. The Bertz CT molecular complexity index is 713. The normalized spacial score (nSPS) is 11.0. The van der Waals surface area contributed by atoms with Crippen molar-refractivity contribution >= 4 is 28.7 Å². The van der Waals surface area contributed by atoms with Crippen LogP contribution in [0.4, 0.5) is 5.95 Å². The maximum atomic E-state index is 6.26. The van der Waals surface area contributed by atoms with E-state index >= 15 is 0 Å². The van der Waals surface area contributed by atoms with Crippen LogP contribution in [0.15, 0.2) is 36.5 Å². The van der Waals surface area contributed by atoms with E-state index in [1.54, 1.807) is 10.8 Å². The Hall–Kier alpha value is -2.07. The van der Waals surface area contributed by atoms with Crippen molar-refractivity contribution in [3.8, 4) is 5.69 Å². The van der Waals surface area contributed by atoms with Crippen LogP contribution in [-0.2, 0) is 0 Å². The molecule has 0 saturated carbocycles. The molecular formula is C13H11ClN4. The average molecular weight is 259 g/mol. The Morgan fingerprint density at radius 2 is 2.06 bits per heavy atom. The molecule has 0 aliphatic rings. The molecular weight excluding hydrogens is 248 g/mol. The van der Waals surface area contributed by atoms with Gasteiger partial charge < -0.3 is 5.73 Å². The lowest BCUT2D eigenvalue weighted by Crippen LogP contribution is -2.04. The molecule has 0 radical (unpaired) electrons. The maximum Gasteiger partial charge on any atom is 0.207 e. The number of aryl methyl sites for hydroxylation is 1. The van der Waals surface area contributed by atoms with Gasteiger partial charge in [-0.05, 0) is 30.7 Å². The van der Waals surface area contributed by atoms with Crippen molar-refractivity contribution in [3.05, 3.63) is 47.1 Å². The molecule has 0 fully saturated rings. The van der Waals surface area contributed by atoms with Crippen molar-refractivity contribution in [2.45, 2.75) is 6.92 Å². The number of anilines is 1. The highest BCUT2D eigenvalue weighted by Gasteiger charge is 2.14. The molecule has 3 aromatic rings. The fourth-order valence-corrected chi connectivity index (χ4v) is 2.36. The van der Waals surface area contributed by atoms with Gasteiger partial charge in [-0.25, -0.2) is 9.97 Å². The van der Waals surface area contributed by atoms with E-state index in [4.69, 9.17) is 17.3 Å². The molecule has 0 saturated heterocycles. The van der Waals surface area contributed by atoms with E-state index in [-0.39, 0.29) is 0 Å². The van der Waals surface area contributed by atoms with Gasteiger partial charge in [0.25, 0.3) is 0 Å². The highest BCUT2D eigenvalue weighted by Crippen LogP contribution is 2.29. The topological polar surface area (TPSA) is 56.7 Å². The molecule has 0 amide bonds. The van der Waals surface area contributed by atoms with Crippen LogP contribution in [0.25, 0.3) is 16.9 Å². The number of para-hydroxylation sites is 1. The summed E-state index contributed by atoms with van der Waals surface area (Å²) in [6.07, 6.45) is 1.71. The number of aromatic nitrogens is 3. The number of nitrogens with zero attached hydrogens (tertiary/aromatic N) is 3. The van der Waals surface area contributed by atoms with Crippen molar-refractivity contribution in [3.63, 3.8) is 0 Å². The van der Waals surface area contributed by atoms with E-state index in [0.717, 1.165) is 16.8 Å². The number of fused-ring (bicyclic) bond motifs is 1. The third-order valence-electron chi connectivity index (χ3n) is 2.85. The number of nitrogen functional groups attached to an aromatic ring is 1. The van der Waals surface area contributed by atoms with E-state index in [9.17, 15) is 0 Å². The molecule has 0 aliphatic carbocycles. The lowest BCUT2D eigenvalue weighted by molar-refractivity contribution is 1.07. The predicted molar refractivity (Wildman–Crippen MR) is 73.0 cm³/mol. The monoisotopic (exact) mass is 258 g/mol. The van der Waals surface area contributed by atoms with Gasteiger partial charge in [-0.2, -0.15) is 0 Å². The van der Waals surface area contributed by atoms with Crippen LogP contribution < -0.4 is 5.73 Å². The first-order valence-electron chi connectivity index (χ1n) is 5.53. The van der Waals surface area contributed by atoms with Crippen molar-refractivity contribution in [1.82, 2.24) is 14.5 Å². The highest BCUT2D eigenvalue weighted by molar-refractivity contribution is 6.32. The number of nitrogens with two attached hydrogens (primary N) is 1. The first-order chi connectivity index (χ1) is 8.68. The molecule has 2 N–H and O–H groups in total. The molecule has 0 atom stereocenters. The summed E-state index contributed by atoms with van der Waals surface area (Å²) in [7, 11) is 0. The smallest absolute Gasteiger partial charge is 0.207 e. The van der Waals surface area contributed by atoms with Gasteiger partial charge in [0.15, 0.2) is 5.65 Å². The van der Waals surface area contributed by atoms with Gasteiger partial charge >= 0.3 is 0 Å². The number of halogens is 1. The summed E-state index contributed by atoms with van der Waals surface area (Å²) in [4.78, 5) is 8.61. The fourth-order valence-electron chi connectivity index (χ4n) is 2.06. The molecule has 0 spiro atoms. The molecule has 3 rings (SSSR count). The quantitative estimate of drug-likeness (QED) is 0.730. The minimum absolute atomic E-state index is 0.389. The van der Waals surface area contributed by atoms with Crippen LogP contribution in [-0.4, -0.2) is 14.5 Å². The summed E-state index contributed by atoms with van der Waals surface area (Å²) in [5.74, 6) is 0.389. The van der Waals surface area contributed by atoms with E-state index in [2.05, 4.69) is 9.97 Å². The lowest BCUT2D eigenvalue weighted by atomic mass is 10.2. The first-order valence-corrected chi connectivity index (χ1v) is 5.90. The van der Waals surface area contributed by atoms with E-state index < -0.39 is 0 Å². The Labute approximate surface area is 109 Å². The Morgan fingerprint density at radius 3 is 2.83 bits per heavy atom. The van der Waals surface area contributed by atoms with Crippen molar-refractivity contribution in [2.24, 2.45) is 0 Å². The zero-order chi connectivity index (χ0) is 12.7. The van der Waals surface area contributed by atoms with Gasteiger partial charge in [0, 0.05) is 6.20 Å². The van der Waals surface area contributed by atoms with Gasteiger partial charge in [0.05, 0.1) is 10.7 Å². The standard InChI is InChI=1S/C13H11ClN4/c1-8-4-2-5-9(14)11(8)18-12-10(17-13(18)15)6-3-7-16-12/h2-7H,1H3,(H2,15,17). The molecule has 18 heavy (non-hydrogen) atoms. The van der Waals surface area contributed by atoms with Crippen LogP contribution in [0.2, 0.25) is 5.02 Å². The SMILES string of the molecule is Cc1cccc(Cl)c1-n1c(N)nc2cccnc21. The van der Waals surface area contributed by atoms with Crippen molar-refractivity contribution < 1.29 is 0 Å². The van der Waals surface area contributed by atoms with Crippen LogP contribution in [0.5, 0.6) is 0 Å². The van der Waals surface area contributed by atoms with E-state index in [1.165, 1.54) is 0 Å². The third kappa shape index (κ3) is 1.54. The highest BCUT2D eigenvalue weighted by atomic mass is 35.5. The predicted octanol–water partition coefficient (Wildman–Crippen LogP) is 2.96. The van der Waals surface area contributed by atoms with Crippen molar-refractivity contribution in [2.75, 3.05) is 5.73 Å². The second kappa shape index (κ2) is 3.99. The molecule has 2 aromatic heterocycles. The third-order valence-corrected chi connectivity index (χ3v) is 3.16. The van der Waals surface area contributed by atoms with Crippen LogP contribution >= 0.6 is 11.6 Å². The summed E-state index contributed by atoms with van der Waals surface area (Å²) in [6.45, 7) is 1.98. The van der Waals surface area contributed by atoms with E-state index in [1.807, 2.05) is 37.3 Å². The van der Waals surface area contributed by atoms with Gasteiger partial charge in [0.1, 0.15) is 5.52 Å². The summed E-state index contributed by atoms with van der Waals surface area (Å²) in [5.41, 5.74) is 9.31. The maximum absolute atomic E-state index is 6.26. The number of pyridine rings is 1. The lowest BCUT2D eigenvalue weighted by Gasteiger charge is -2.11. The van der Waals surface area contributed by atoms with Gasteiger partial charge in [-0.15, -0.1) is 0 Å². The zero-order valence-electron chi connectivity index (χ0n) is 9.76. The van der Waals surface area contributed by atoms with Crippen molar-refractivity contribution in [1.29, 1.82) is 0 Å². The second-order valence-electron chi connectivity index (χ2n) is 4.06. The Kier molecular flexibility index (Phi) is 2.45. The summed E-state index contributed by atoms with van der Waals surface area (Å²) in [5, 5.41) is 0.631. The number of hydrogen-bond acceptors (Lipinski definition) is 3.